The Morgan fingerprint density at radius 1 is 1.28 bits per heavy atom. The van der Waals surface area contributed by atoms with Gasteiger partial charge in [0, 0.05) is 23.0 Å². The van der Waals surface area contributed by atoms with Crippen molar-refractivity contribution in [3.05, 3.63) is 47.0 Å². The predicted molar refractivity (Wildman–Crippen MR) is 67.5 cm³/mol. The number of rotatable bonds is 2. The smallest absolute Gasteiger partial charge is 0.159 e. The SMILES string of the molecule is Cc1cc(F)ccc1-c1ncc(C(C)O)c(C)n1. The molecular formula is C14H15FN2O. The second-order valence-corrected chi connectivity index (χ2v) is 4.37. The Kier molecular flexibility index (Phi) is 3.39. The summed E-state index contributed by atoms with van der Waals surface area (Å²) in [5, 5.41) is 9.53. The van der Waals surface area contributed by atoms with Crippen molar-refractivity contribution in [3.8, 4) is 11.4 Å². The summed E-state index contributed by atoms with van der Waals surface area (Å²) in [6.45, 7) is 5.32. The molecule has 18 heavy (non-hydrogen) atoms. The monoisotopic (exact) mass is 246 g/mol. The first-order valence-corrected chi connectivity index (χ1v) is 5.77. The molecule has 0 saturated heterocycles. The Morgan fingerprint density at radius 3 is 2.56 bits per heavy atom. The van der Waals surface area contributed by atoms with Gasteiger partial charge in [-0.3, -0.25) is 0 Å². The Bertz CT molecular complexity index is 582. The van der Waals surface area contributed by atoms with Crippen molar-refractivity contribution < 1.29 is 9.50 Å². The summed E-state index contributed by atoms with van der Waals surface area (Å²) in [6.07, 6.45) is 1.03. The minimum absolute atomic E-state index is 0.270. The maximum absolute atomic E-state index is 13.0. The van der Waals surface area contributed by atoms with Crippen molar-refractivity contribution in [2.45, 2.75) is 26.9 Å². The van der Waals surface area contributed by atoms with Crippen LogP contribution in [0, 0.1) is 19.7 Å². The van der Waals surface area contributed by atoms with E-state index in [0.29, 0.717) is 11.4 Å². The van der Waals surface area contributed by atoms with E-state index >= 15 is 0 Å². The molecule has 1 unspecified atom stereocenters. The topological polar surface area (TPSA) is 46.0 Å². The zero-order chi connectivity index (χ0) is 13.3. The number of hydrogen-bond acceptors (Lipinski definition) is 3. The zero-order valence-corrected chi connectivity index (χ0v) is 10.6. The fourth-order valence-electron chi connectivity index (χ4n) is 1.89. The highest BCUT2D eigenvalue weighted by atomic mass is 19.1. The predicted octanol–water partition coefficient (Wildman–Crippen LogP) is 2.95. The maximum Gasteiger partial charge on any atom is 0.159 e. The van der Waals surface area contributed by atoms with Gasteiger partial charge in [-0.15, -0.1) is 0 Å². The minimum Gasteiger partial charge on any atom is -0.389 e. The van der Waals surface area contributed by atoms with E-state index in [1.54, 1.807) is 19.2 Å². The first-order valence-electron chi connectivity index (χ1n) is 5.77. The summed E-state index contributed by atoms with van der Waals surface area (Å²) >= 11 is 0. The van der Waals surface area contributed by atoms with Crippen LogP contribution in [0.2, 0.25) is 0 Å². The fourth-order valence-corrected chi connectivity index (χ4v) is 1.89. The highest BCUT2D eigenvalue weighted by Gasteiger charge is 2.11. The van der Waals surface area contributed by atoms with E-state index in [1.807, 2.05) is 13.8 Å². The number of aromatic nitrogens is 2. The van der Waals surface area contributed by atoms with E-state index in [-0.39, 0.29) is 5.82 Å². The van der Waals surface area contributed by atoms with Crippen molar-refractivity contribution in [2.24, 2.45) is 0 Å². The molecule has 0 aliphatic rings. The largest absolute Gasteiger partial charge is 0.389 e. The van der Waals surface area contributed by atoms with Crippen LogP contribution >= 0.6 is 0 Å². The van der Waals surface area contributed by atoms with Gasteiger partial charge in [-0.25, -0.2) is 14.4 Å². The van der Waals surface area contributed by atoms with Gasteiger partial charge in [0.1, 0.15) is 5.82 Å². The zero-order valence-electron chi connectivity index (χ0n) is 10.6. The number of aliphatic hydroxyl groups excluding tert-OH is 1. The third-order valence-electron chi connectivity index (χ3n) is 2.90. The van der Waals surface area contributed by atoms with E-state index in [0.717, 1.165) is 16.8 Å². The van der Waals surface area contributed by atoms with Gasteiger partial charge in [0.15, 0.2) is 5.82 Å². The lowest BCUT2D eigenvalue weighted by Crippen LogP contribution is -2.02. The molecule has 1 aromatic carbocycles. The van der Waals surface area contributed by atoms with Gasteiger partial charge in [0.25, 0.3) is 0 Å². The van der Waals surface area contributed by atoms with Crippen LogP contribution in [0.5, 0.6) is 0 Å². The number of hydrogen-bond donors (Lipinski definition) is 1. The van der Waals surface area contributed by atoms with Gasteiger partial charge in [-0.1, -0.05) is 0 Å². The summed E-state index contributed by atoms with van der Waals surface area (Å²) < 4.78 is 13.0. The van der Waals surface area contributed by atoms with Crippen molar-refractivity contribution in [3.63, 3.8) is 0 Å². The third-order valence-corrected chi connectivity index (χ3v) is 2.90. The molecule has 1 aromatic heterocycles. The molecule has 0 aliphatic heterocycles. The first-order chi connectivity index (χ1) is 8.49. The highest BCUT2D eigenvalue weighted by Crippen LogP contribution is 2.23. The molecule has 94 valence electrons. The van der Waals surface area contributed by atoms with Crippen LogP contribution in [0.3, 0.4) is 0 Å². The number of halogens is 1. The Hall–Kier alpha value is -1.81. The summed E-state index contributed by atoms with van der Waals surface area (Å²) in [7, 11) is 0. The van der Waals surface area contributed by atoms with Crippen LogP contribution in [-0.2, 0) is 0 Å². The molecular weight excluding hydrogens is 231 g/mol. The van der Waals surface area contributed by atoms with Crippen LogP contribution in [0.15, 0.2) is 24.4 Å². The fraction of sp³-hybridized carbons (Fsp3) is 0.286. The lowest BCUT2D eigenvalue weighted by Gasteiger charge is -2.10. The molecule has 0 fully saturated rings. The molecule has 0 aliphatic carbocycles. The maximum atomic E-state index is 13.0. The Morgan fingerprint density at radius 2 is 2.00 bits per heavy atom. The van der Waals surface area contributed by atoms with E-state index in [4.69, 9.17) is 0 Å². The second-order valence-electron chi connectivity index (χ2n) is 4.37. The van der Waals surface area contributed by atoms with Crippen molar-refractivity contribution >= 4 is 0 Å². The summed E-state index contributed by atoms with van der Waals surface area (Å²) in [6, 6.07) is 4.52. The molecule has 0 radical (unpaired) electrons. The Balaban J connectivity index is 2.49. The van der Waals surface area contributed by atoms with Crippen LogP contribution in [-0.4, -0.2) is 15.1 Å². The van der Waals surface area contributed by atoms with E-state index in [9.17, 15) is 9.50 Å². The number of benzene rings is 1. The van der Waals surface area contributed by atoms with E-state index in [1.165, 1.54) is 12.1 Å². The van der Waals surface area contributed by atoms with Crippen LogP contribution in [0.1, 0.15) is 29.8 Å². The normalized spacial score (nSPS) is 12.5. The number of nitrogens with zero attached hydrogens (tertiary/aromatic N) is 2. The molecule has 1 N–H and O–H groups in total. The Labute approximate surface area is 105 Å². The van der Waals surface area contributed by atoms with Crippen LogP contribution < -0.4 is 0 Å². The van der Waals surface area contributed by atoms with Gasteiger partial charge >= 0.3 is 0 Å². The molecule has 4 heteroatoms. The molecule has 0 amide bonds. The van der Waals surface area contributed by atoms with E-state index in [2.05, 4.69) is 9.97 Å². The van der Waals surface area contributed by atoms with E-state index < -0.39 is 6.10 Å². The van der Waals surface area contributed by atoms with Gasteiger partial charge in [0.05, 0.1) is 6.10 Å². The van der Waals surface area contributed by atoms with Crippen LogP contribution in [0.4, 0.5) is 4.39 Å². The lowest BCUT2D eigenvalue weighted by atomic mass is 10.1. The average molecular weight is 246 g/mol. The second kappa shape index (κ2) is 4.82. The molecule has 2 rings (SSSR count). The number of aliphatic hydroxyl groups is 1. The molecule has 0 spiro atoms. The molecule has 0 bridgehead atoms. The molecule has 2 aromatic rings. The minimum atomic E-state index is -0.589. The number of aryl methyl sites for hydroxylation is 2. The third kappa shape index (κ3) is 2.38. The summed E-state index contributed by atoms with van der Waals surface area (Å²) in [5.41, 5.74) is 3.04. The molecule has 1 heterocycles. The molecule has 1 atom stereocenters. The average Bonchev–Trinajstić information content (AvgIpc) is 2.28. The standard InChI is InChI=1S/C14H15FN2O/c1-8-6-11(15)4-5-12(8)14-16-7-13(10(3)18)9(2)17-14/h4-7,10,18H,1-3H3. The molecule has 0 saturated carbocycles. The van der Waals surface area contributed by atoms with Crippen molar-refractivity contribution in [1.82, 2.24) is 9.97 Å². The summed E-state index contributed by atoms with van der Waals surface area (Å²) in [5.74, 6) is 0.281. The highest BCUT2D eigenvalue weighted by molar-refractivity contribution is 5.60. The first kappa shape index (κ1) is 12.6. The van der Waals surface area contributed by atoms with Gasteiger partial charge < -0.3 is 5.11 Å². The van der Waals surface area contributed by atoms with Gasteiger partial charge in [-0.05, 0) is 44.5 Å². The lowest BCUT2D eigenvalue weighted by molar-refractivity contribution is 0.197. The summed E-state index contributed by atoms with van der Waals surface area (Å²) in [4.78, 5) is 8.59. The van der Waals surface area contributed by atoms with Crippen molar-refractivity contribution in [1.29, 1.82) is 0 Å². The van der Waals surface area contributed by atoms with Crippen LogP contribution in [0.25, 0.3) is 11.4 Å². The molecule has 3 nitrogen and oxygen atoms in total. The van der Waals surface area contributed by atoms with Crippen molar-refractivity contribution in [2.75, 3.05) is 0 Å². The van der Waals surface area contributed by atoms with Gasteiger partial charge in [-0.2, -0.15) is 0 Å². The van der Waals surface area contributed by atoms with Gasteiger partial charge in [0.2, 0.25) is 0 Å². The quantitative estimate of drug-likeness (QED) is 0.886.